The highest BCUT2D eigenvalue weighted by Crippen LogP contribution is 2.34. The lowest BCUT2D eigenvalue weighted by atomic mass is 9.97. The topological polar surface area (TPSA) is 66.5 Å². The second-order valence-corrected chi connectivity index (χ2v) is 10.1. The lowest BCUT2D eigenvalue weighted by Crippen LogP contribution is -2.41. The number of amides is 1. The molecule has 1 aliphatic heterocycles. The van der Waals surface area contributed by atoms with Crippen LogP contribution in [0.5, 0.6) is 0 Å². The normalized spacial score (nSPS) is 16.3. The van der Waals surface area contributed by atoms with Crippen LogP contribution < -0.4 is 5.32 Å². The molecule has 168 valence electrons. The Kier molecular flexibility index (Phi) is 7.20. The summed E-state index contributed by atoms with van der Waals surface area (Å²) in [6, 6.07) is 9.26. The minimum atomic E-state index is -4.56. The largest absolute Gasteiger partial charge is 0.416 e. The van der Waals surface area contributed by atoms with Crippen molar-refractivity contribution in [3.63, 3.8) is 0 Å². The Hall–Kier alpha value is -1.81. The van der Waals surface area contributed by atoms with Crippen molar-refractivity contribution >= 4 is 44.8 Å². The standard InChI is InChI=1S/C20H19Cl2F3N2O3S/c21-16-3-1-2-13(10-16)12-31(29,30)27-8-6-14(7-9-27)19(28)26-18-11-15(20(23,24)25)4-5-17(18)22/h1-5,10-11,14H,6-9,12H2,(H,26,28). The summed E-state index contributed by atoms with van der Waals surface area (Å²) in [7, 11) is -3.59. The molecule has 0 radical (unpaired) electrons. The van der Waals surface area contributed by atoms with E-state index < -0.39 is 33.6 Å². The molecule has 0 spiro atoms. The first kappa shape index (κ1) is 23.8. The summed E-state index contributed by atoms with van der Waals surface area (Å²) < 4.78 is 65.3. The minimum absolute atomic E-state index is 0.0112. The van der Waals surface area contributed by atoms with E-state index in [0.717, 1.165) is 18.2 Å². The molecule has 2 aromatic rings. The molecular formula is C20H19Cl2F3N2O3S. The second kappa shape index (κ2) is 9.36. The third-order valence-electron chi connectivity index (χ3n) is 5.01. The van der Waals surface area contributed by atoms with Crippen molar-refractivity contribution < 1.29 is 26.4 Å². The molecule has 3 rings (SSSR count). The predicted molar refractivity (Wildman–Crippen MR) is 113 cm³/mol. The van der Waals surface area contributed by atoms with Gasteiger partial charge >= 0.3 is 6.18 Å². The molecule has 1 N–H and O–H groups in total. The van der Waals surface area contributed by atoms with Crippen LogP contribution in [0, 0.1) is 5.92 Å². The van der Waals surface area contributed by atoms with Crippen molar-refractivity contribution in [3.8, 4) is 0 Å². The van der Waals surface area contributed by atoms with E-state index in [9.17, 15) is 26.4 Å². The van der Waals surface area contributed by atoms with E-state index in [1.165, 1.54) is 4.31 Å². The van der Waals surface area contributed by atoms with Gasteiger partial charge in [0.1, 0.15) is 0 Å². The zero-order valence-corrected chi connectivity index (χ0v) is 18.5. The van der Waals surface area contributed by atoms with Crippen molar-refractivity contribution in [2.75, 3.05) is 18.4 Å². The number of nitrogens with one attached hydrogen (secondary N) is 1. The lowest BCUT2D eigenvalue weighted by Gasteiger charge is -2.30. The predicted octanol–water partition coefficient (Wildman–Crippen LogP) is 5.19. The Morgan fingerprint density at radius 2 is 1.77 bits per heavy atom. The summed E-state index contributed by atoms with van der Waals surface area (Å²) in [4.78, 5) is 12.5. The van der Waals surface area contributed by atoms with Gasteiger partial charge in [-0.1, -0.05) is 35.3 Å². The van der Waals surface area contributed by atoms with Gasteiger partial charge < -0.3 is 5.32 Å². The molecule has 11 heteroatoms. The van der Waals surface area contributed by atoms with Gasteiger partial charge in [-0.2, -0.15) is 13.2 Å². The SMILES string of the molecule is O=C(Nc1cc(C(F)(F)F)ccc1Cl)C1CCN(S(=O)(=O)Cc2cccc(Cl)c2)CC1. The average molecular weight is 495 g/mol. The highest BCUT2D eigenvalue weighted by atomic mass is 35.5. The van der Waals surface area contributed by atoms with Crippen LogP contribution in [0.25, 0.3) is 0 Å². The number of carbonyl (C=O) groups is 1. The van der Waals surface area contributed by atoms with E-state index in [2.05, 4.69) is 5.32 Å². The molecule has 0 aliphatic carbocycles. The Bertz CT molecular complexity index is 1070. The molecule has 31 heavy (non-hydrogen) atoms. The molecule has 0 aromatic heterocycles. The maximum atomic E-state index is 12.9. The van der Waals surface area contributed by atoms with Gasteiger partial charge in [0.15, 0.2) is 0 Å². The van der Waals surface area contributed by atoms with Crippen LogP contribution in [0.2, 0.25) is 10.0 Å². The van der Waals surface area contributed by atoms with Gasteiger partial charge in [0.25, 0.3) is 0 Å². The van der Waals surface area contributed by atoms with Crippen LogP contribution in [0.1, 0.15) is 24.0 Å². The number of nitrogens with zero attached hydrogens (tertiary/aromatic N) is 1. The molecule has 0 bridgehead atoms. The fourth-order valence-corrected chi connectivity index (χ4v) is 5.29. The summed E-state index contributed by atoms with van der Waals surface area (Å²) in [5.41, 5.74) is -0.488. The van der Waals surface area contributed by atoms with Crippen molar-refractivity contribution in [1.82, 2.24) is 4.31 Å². The third-order valence-corrected chi connectivity index (χ3v) is 7.42. The van der Waals surface area contributed by atoms with Crippen molar-refractivity contribution in [3.05, 3.63) is 63.6 Å². The zero-order valence-electron chi connectivity index (χ0n) is 16.1. The minimum Gasteiger partial charge on any atom is -0.325 e. The summed E-state index contributed by atoms with van der Waals surface area (Å²) in [5.74, 6) is -1.24. The van der Waals surface area contributed by atoms with E-state index >= 15 is 0 Å². The molecule has 1 fully saturated rings. The molecule has 1 amide bonds. The Morgan fingerprint density at radius 1 is 1.10 bits per heavy atom. The maximum Gasteiger partial charge on any atom is 0.416 e. The molecule has 2 aromatic carbocycles. The van der Waals surface area contributed by atoms with Crippen LogP contribution in [-0.4, -0.2) is 31.7 Å². The Labute approximate surface area is 188 Å². The number of hydrogen-bond donors (Lipinski definition) is 1. The molecular weight excluding hydrogens is 476 g/mol. The van der Waals surface area contributed by atoms with E-state index in [1.54, 1.807) is 24.3 Å². The van der Waals surface area contributed by atoms with Crippen LogP contribution >= 0.6 is 23.2 Å². The Morgan fingerprint density at radius 3 is 2.39 bits per heavy atom. The van der Waals surface area contributed by atoms with Crippen LogP contribution in [0.3, 0.4) is 0 Å². The third kappa shape index (κ3) is 6.12. The summed E-state index contributed by atoms with van der Waals surface area (Å²) >= 11 is 11.8. The number of halogens is 5. The van der Waals surface area contributed by atoms with Crippen LogP contribution in [0.15, 0.2) is 42.5 Å². The summed E-state index contributed by atoms with van der Waals surface area (Å²) in [5, 5.41) is 2.87. The Balaban J connectivity index is 1.61. The number of alkyl halides is 3. The van der Waals surface area contributed by atoms with E-state index in [1.807, 2.05) is 0 Å². The highest BCUT2D eigenvalue weighted by molar-refractivity contribution is 7.88. The average Bonchev–Trinajstić information content (AvgIpc) is 2.68. The molecule has 5 nitrogen and oxygen atoms in total. The summed E-state index contributed by atoms with van der Waals surface area (Å²) in [6.45, 7) is 0.272. The first-order valence-electron chi connectivity index (χ1n) is 9.35. The molecule has 1 saturated heterocycles. The van der Waals surface area contributed by atoms with E-state index in [-0.39, 0.29) is 42.4 Å². The number of anilines is 1. The number of sulfonamides is 1. The molecule has 1 heterocycles. The van der Waals surface area contributed by atoms with Crippen LogP contribution in [0.4, 0.5) is 18.9 Å². The zero-order chi connectivity index (χ0) is 22.8. The number of rotatable bonds is 5. The number of benzene rings is 2. The summed E-state index contributed by atoms with van der Waals surface area (Å²) in [6.07, 6.45) is -4.07. The van der Waals surface area contributed by atoms with Gasteiger partial charge in [-0.3, -0.25) is 4.79 Å². The van der Waals surface area contributed by atoms with Crippen molar-refractivity contribution in [1.29, 1.82) is 0 Å². The fraction of sp³-hybridized carbons (Fsp3) is 0.350. The van der Waals surface area contributed by atoms with E-state index in [4.69, 9.17) is 23.2 Å². The van der Waals surface area contributed by atoms with Gasteiger partial charge in [-0.25, -0.2) is 12.7 Å². The number of carbonyl (C=O) groups excluding carboxylic acids is 1. The first-order valence-corrected chi connectivity index (χ1v) is 11.7. The molecule has 0 unspecified atom stereocenters. The smallest absolute Gasteiger partial charge is 0.325 e. The quantitative estimate of drug-likeness (QED) is 0.621. The maximum absolute atomic E-state index is 12.9. The molecule has 0 atom stereocenters. The van der Waals surface area contributed by atoms with Gasteiger partial charge in [-0.15, -0.1) is 0 Å². The first-order chi connectivity index (χ1) is 14.5. The number of piperidine rings is 1. The monoisotopic (exact) mass is 494 g/mol. The second-order valence-electron chi connectivity index (χ2n) is 7.24. The van der Waals surface area contributed by atoms with Gasteiger partial charge in [0.2, 0.25) is 15.9 Å². The van der Waals surface area contributed by atoms with Gasteiger partial charge in [-0.05, 0) is 48.7 Å². The van der Waals surface area contributed by atoms with Crippen LogP contribution in [-0.2, 0) is 26.7 Å². The van der Waals surface area contributed by atoms with E-state index in [0.29, 0.717) is 10.6 Å². The van der Waals surface area contributed by atoms with Crippen molar-refractivity contribution in [2.24, 2.45) is 5.92 Å². The van der Waals surface area contributed by atoms with Crippen molar-refractivity contribution in [2.45, 2.75) is 24.8 Å². The number of hydrogen-bond acceptors (Lipinski definition) is 3. The lowest BCUT2D eigenvalue weighted by molar-refractivity contribution is -0.137. The van der Waals surface area contributed by atoms with Gasteiger partial charge in [0, 0.05) is 24.0 Å². The molecule has 1 aliphatic rings. The fourth-order valence-electron chi connectivity index (χ4n) is 3.36. The van der Waals surface area contributed by atoms with Gasteiger partial charge in [0.05, 0.1) is 22.0 Å². The molecule has 0 saturated carbocycles. The highest BCUT2D eigenvalue weighted by Gasteiger charge is 2.33.